The number of anilines is 3. The second-order valence-electron chi connectivity index (χ2n) is 5.20. The molecule has 0 bridgehead atoms. The fourth-order valence-electron chi connectivity index (χ4n) is 2.41. The first-order valence-corrected chi connectivity index (χ1v) is 6.74. The van der Waals surface area contributed by atoms with Crippen molar-refractivity contribution in [3.63, 3.8) is 0 Å². The highest BCUT2D eigenvalue weighted by atomic mass is 15.4. The molecule has 0 aromatic carbocycles. The van der Waals surface area contributed by atoms with Crippen LogP contribution in [0.25, 0.3) is 0 Å². The van der Waals surface area contributed by atoms with Crippen LogP contribution in [0.3, 0.4) is 0 Å². The van der Waals surface area contributed by atoms with E-state index < -0.39 is 0 Å². The van der Waals surface area contributed by atoms with Gasteiger partial charge in [-0.1, -0.05) is 19.3 Å². The van der Waals surface area contributed by atoms with Gasteiger partial charge in [-0.2, -0.15) is 15.0 Å². The van der Waals surface area contributed by atoms with Gasteiger partial charge in [0, 0.05) is 27.2 Å². The fraction of sp³-hybridized carbons (Fsp3) is 0.750. The quantitative estimate of drug-likeness (QED) is 0.620. The van der Waals surface area contributed by atoms with Crippen molar-refractivity contribution < 1.29 is 0 Å². The molecule has 0 radical (unpaired) electrons. The van der Waals surface area contributed by atoms with Crippen LogP contribution < -0.4 is 21.1 Å². The predicted octanol–water partition coefficient (Wildman–Crippen LogP) is 0.992. The van der Waals surface area contributed by atoms with Gasteiger partial charge in [0.2, 0.25) is 17.8 Å². The predicted molar refractivity (Wildman–Crippen MR) is 77.2 cm³/mol. The van der Waals surface area contributed by atoms with E-state index in [1.165, 1.54) is 32.1 Å². The average Bonchev–Trinajstić information content (AvgIpc) is 2.46. The largest absolute Gasteiger partial charge is 0.347 e. The van der Waals surface area contributed by atoms with Crippen molar-refractivity contribution in [3.8, 4) is 0 Å². The average molecular weight is 265 g/mol. The first-order valence-electron chi connectivity index (χ1n) is 6.74. The Morgan fingerprint density at radius 1 is 1.00 bits per heavy atom. The number of nitrogens with zero attached hydrogens (tertiary/aromatic N) is 5. The number of nitrogens with one attached hydrogen (secondary N) is 1. The molecule has 1 aliphatic rings. The molecule has 1 aromatic heterocycles. The highest BCUT2D eigenvalue weighted by Gasteiger charge is 2.21. The van der Waals surface area contributed by atoms with E-state index >= 15 is 0 Å². The van der Waals surface area contributed by atoms with Crippen molar-refractivity contribution in [1.29, 1.82) is 0 Å². The van der Waals surface area contributed by atoms with Crippen molar-refractivity contribution in [3.05, 3.63) is 0 Å². The van der Waals surface area contributed by atoms with Gasteiger partial charge >= 0.3 is 0 Å². The lowest BCUT2D eigenvalue weighted by Gasteiger charge is -2.31. The lowest BCUT2D eigenvalue weighted by atomic mass is 9.95. The molecule has 3 N–H and O–H groups in total. The number of hydrazine groups is 1. The zero-order valence-corrected chi connectivity index (χ0v) is 11.9. The zero-order valence-electron chi connectivity index (χ0n) is 11.9. The van der Waals surface area contributed by atoms with Crippen LogP contribution in [0.15, 0.2) is 0 Å². The van der Waals surface area contributed by atoms with Crippen molar-refractivity contribution in [2.24, 2.45) is 5.84 Å². The molecule has 0 saturated heterocycles. The van der Waals surface area contributed by atoms with E-state index in [2.05, 4.69) is 25.3 Å². The molecule has 106 valence electrons. The van der Waals surface area contributed by atoms with Gasteiger partial charge in [0.25, 0.3) is 0 Å². The van der Waals surface area contributed by atoms with Gasteiger partial charge < -0.3 is 9.80 Å². The Morgan fingerprint density at radius 3 is 2.21 bits per heavy atom. The number of rotatable bonds is 4. The van der Waals surface area contributed by atoms with E-state index in [0.29, 0.717) is 23.9 Å². The summed E-state index contributed by atoms with van der Waals surface area (Å²) in [5, 5.41) is 0. The van der Waals surface area contributed by atoms with Crippen LogP contribution in [-0.2, 0) is 0 Å². The maximum atomic E-state index is 5.43. The van der Waals surface area contributed by atoms with Crippen LogP contribution >= 0.6 is 0 Å². The molecular weight excluding hydrogens is 242 g/mol. The van der Waals surface area contributed by atoms with Crippen molar-refractivity contribution >= 4 is 17.8 Å². The van der Waals surface area contributed by atoms with Crippen molar-refractivity contribution in [2.45, 2.75) is 38.1 Å². The van der Waals surface area contributed by atoms with E-state index in [1.807, 2.05) is 26.0 Å². The second kappa shape index (κ2) is 6.01. The molecule has 7 nitrogen and oxygen atoms in total. The molecule has 1 aromatic rings. The molecule has 0 amide bonds. The molecule has 0 aliphatic heterocycles. The van der Waals surface area contributed by atoms with Crippen LogP contribution in [0.4, 0.5) is 17.8 Å². The number of hydrogen-bond donors (Lipinski definition) is 2. The minimum atomic E-state index is 0.399. The van der Waals surface area contributed by atoms with Gasteiger partial charge in [-0.25, -0.2) is 5.84 Å². The van der Waals surface area contributed by atoms with Crippen molar-refractivity contribution in [2.75, 3.05) is 36.4 Å². The molecule has 1 fully saturated rings. The summed E-state index contributed by atoms with van der Waals surface area (Å²) in [4.78, 5) is 17.1. The highest BCUT2D eigenvalue weighted by Crippen LogP contribution is 2.25. The molecule has 1 heterocycles. The normalized spacial score (nSPS) is 16.2. The number of nitrogens with two attached hydrogens (primary N) is 1. The Balaban J connectivity index is 2.24. The van der Waals surface area contributed by atoms with Crippen molar-refractivity contribution in [1.82, 2.24) is 15.0 Å². The third-order valence-electron chi connectivity index (χ3n) is 3.58. The van der Waals surface area contributed by atoms with Gasteiger partial charge in [0.1, 0.15) is 0 Å². The molecule has 0 atom stereocenters. The van der Waals surface area contributed by atoms with Gasteiger partial charge in [-0.3, -0.25) is 5.43 Å². The lowest BCUT2D eigenvalue weighted by Crippen LogP contribution is -2.35. The SMILES string of the molecule is CN(C)c1nc(NN)nc(N(C)C2CCCCC2)n1. The molecule has 1 aliphatic carbocycles. The molecule has 0 spiro atoms. The number of aromatic nitrogens is 3. The number of hydrogen-bond acceptors (Lipinski definition) is 7. The van der Waals surface area contributed by atoms with Crippen LogP contribution in [0.2, 0.25) is 0 Å². The van der Waals surface area contributed by atoms with Crippen LogP contribution in [0, 0.1) is 0 Å². The summed E-state index contributed by atoms with van der Waals surface area (Å²) >= 11 is 0. The monoisotopic (exact) mass is 265 g/mol. The van der Waals surface area contributed by atoms with Gasteiger partial charge in [0.15, 0.2) is 0 Å². The Bertz CT molecular complexity index is 415. The molecule has 2 rings (SSSR count). The maximum Gasteiger partial charge on any atom is 0.243 e. The minimum absolute atomic E-state index is 0.399. The highest BCUT2D eigenvalue weighted by molar-refractivity contribution is 5.44. The number of nitrogen functional groups attached to an aromatic ring is 1. The summed E-state index contributed by atoms with van der Waals surface area (Å²) in [5.74, 6) is 7.12. The second-order valence-corrected chi connectivity index (χ2v) is 5.20. The first kappa shape index (κ1) is 13.8. The Morgan fingerprint density at radius 2 is 1.63 bits per heavy atom. The molecular formula is C12H23N7. The van der Waals surface area contributed by atoms with E-state index in [-0.39, 0.29) is 0 Å². The third kappa shape index (κ3) is 3.23. The summed E-state index contributed by atoms with van der Waals surface area (Å²) in [6.45, 7) is 0. The Kier molecular flexibility index (Phi) is 4.36. The topological polar surface area (TPSA) is 83.2 Å². The summed E-state index contributed by atoms with van der Waals surface area (Å²) < 4.78 is 0. The molecule has 19 heavy (non-hydrogen) atoms. The summed E-state index contributed by atoms with van der Waals surface area (Å²) in [5.41, 5.74) is 2.50. The van der Waals surface area contributed by atoms with Crippen LogP contribution in [-0.4, -0.2) is 42.1 Å². The Hall–Kier alpha value is -1.63. The summed E-state index contributed by atoms with van der Waals surface area (Å²) in [7, 11) is 5.85. The van der Waals surface area contributed by atoms with Gasteiger partial charge in [-0.15, -0.1) is 0 Å². The van der Waals surface area contributed by atoms with E-state index in [1.54, 1.807) is 0 Å². The smallest absolute Gasteiger partial charge is 0.243 e. The maximum absolute atomic E-state index is 5.43. The van der Waals surface area contributed by atoms with Crippen LogP contribution in [0.1, 0.15) is 32.1 Å². The molecule has 1 saturated carbocycles. The van der Waals surface area contributed by atoms with E-state index in [9.17, 15) is 0 Å². The summed E-state index contributed by atoms with van der Waals surface area (Å²) in [6, 6.07) is 0.511. The Labute approximate surface area is 114 Å². The fourth-order valence-corrected chi connectivity index (χ4v) is 2.41. The standard InChI is InChI=1S/C12H23N7/c1-18(2)11-14-10(17-13)15-12(16-11)19(3)9-7-5-4-6-8-9/h9H,4-8,13H2,1-3H3,(H,14,15,16,17). The van der Waals surface area contributed by atoms with E-state index in [4.69, 9.17) is 5.84 Å². The third-order valence-corrected chi connectivity index (χ3v) is 3.58. The first-order chi connectivity index (χ1) is 9.11. The molecule has 0 unspecified atom stereocenters. The lowest BCUT2D eigenvalue weighted by molar-refractivity contribution is 0.424. The molecule has 7 heteroatoms. The van der Waals surface area contributed by atoms with Crippen LogP contribution in [0.5, 0.6) is 0 Å². The zero-order chi connectivity index (χ0) is 13.8. The minimum Gasteiger partial charge on any atom is -0.347 e. The van der Waals surface area contributed by atoms with Gasteiger partial charge in [-0.05, 0) is 12.8 Å². The van der Waals surface area contributed by atoms with E-state index in [0.717, 1.165) is 0 Å². The summed E-state index contributed by atoms with van der Waals surface area (Å²) in [6.07, 6.45) is 6.29. The van der Waals surface area contributed by atoms with Gasteiger partial charge in [0.05, 0.1) is 0 Å².